The van der Waals surface area contributed by atoms with Crippen molar-refractivity contribution in [1.29, 1.82) is 0 Å². The summed E-state index contributed by atoms with van der Waals surface area (Å²) in [5.74, 6) is -0.743. The van der Waals surface area contributed by atoms with Crippen LogP contribution in [0.15, 0.2) is 42.5 Å². The lowest BCUT2D eigenvalue weighted by atomic mass is 9.76. The highest BCUT2D eigenvalue weighted by Gasteiger charge is 2.54. The summed E-state index contributed by atoms with van der Waals surface area (Å²) in [6, 6.07) is 12.8. The van der Waals surface area contributed by atoms with Crippen LogP contribution in [0, 0.1) is 13.8 Å². The van der Waals surface area contributed by atoms with Crippen molar-refractivity contribution in [3.8, 4) is 0 Å². The Bertz CT molecular complexity index is 985. The molecular weight excluding hydrogens is 354 g/mol. The highest BCUT2D eigenvalue weighted by Crippen LogP contribution is 2.39. The van der Waals surface area contributed by atoms with E-state index in [1.54, 1.807) is 0 Å². The maximum atomic E-state index is 13.2. The van der Waals surface area contributed by atoms with E-state index in [-0.39, 0.29) is 12.5 Å². The van der Waals surface area contributed by atoms with E-state index >= 15 is 0 Å². The molecule has 6 nitrogen and oxygen atoms in total. The topological polar surface area (TPSA) is 78.5 Å². The minimum absolute atomic E-state index is 0.304. The number of nitrogens with one attached hydrogen (secondary N) is 2. The molecule has 0 aromatic heterocycles. The van der Waals surface area contributed by atoms with Gasteiger partial charge in [-0.05, 0) is 67.5 Å². The highest BCUT2D eigenvalue weighted by molar-refractivity contribution is 6.10. The van der Waals surface area contributed by atoms with Crippen molar-refractivity contribution >= 4 is 23.5 Å². The summed E-state index contributed by atoms with van der Waals surface area (Å²) in [6.07, 6.45) is 2.24. The Kier molecular flexibility index (Phi) is 4.41. The predicted octanol–water partition coefficient (Wildman–Crippen LogP) is 3.03. The van der Waals surface area contributed by atoms with Crippen molar-refractivity contribution in [2.45, 2.75) is 38.6 Å². The number of carbonyl (C=O) groups excluding carboxylic acids is 3. The van der Waals surface area contributed by atoms with Gasteiger partial charge in [0, 0.05) is 5.69 Å². The molecule has 1 heterocycles. The zero-order valence-corrected chi connectivity index (χ0v) is 16.0. The molecule has 1 fully saturated rings. The lowest BCUT2D eigenvalue weighted by Crippen LogP contribution is -2.47. The van der Waals surface area contributed by atoms with E-state index < -0.39 is 17.5 Å². The number of imide groups is 1. The molecule has 0 bridgehead atoms. The molecule has 0 radical (unpaired) electrons. The molecule has 0 saturated carbocycles. The van der Waals surface area contributed by atoms with Crippen LogP contribution in [-0.2, 0) is 21.5 Å². The Labute approximate surface area is 163 Å². The van der Waals surface area contributed by atoms with Crippen molar-refractivity contribution in [2.24, 2.45) is 0 Å². The monoisotopic (exact) mass is 377 g/mol. The average molecular weight is 377 g/mol. The normalized spacial score (nSPS) is 20.9. The average Bonchev–Trinajstić information content (AvgIpc) is 2.90. The SMILES string of the molecule is Cc1ccc(NC(=O)CN2C(=O)N[C@]3(CCCc4ccccc43)C2=O)cc1C. The van der Waals surface area contributed by atoms with Crippen molar-refractivity contribution < 1.29 is 14.4 Å². The third-order valence-corrected chi connectivity index (χ3v) is 5.74. The largest absolute Gasteiger partial charge is 0.325 e. The van der Waals surface area contributed by atoms with Crippen LogP contribution in [0.1, 0.15) is 35.1 Å². The van der Waals surface area contributed by atoms with Crippen LogP contribution < -0.4 is 10.6 Å². The molecule has 28 heavy (non-hydrogen) atoms. The summed E-state index contributed by atoms with van der Waals surface area (Å²) < 4.78 is 0. The molecule has 144 valence electrons. The van der Waals surface area contributed by atoms with Gasteiger partial charge in [0.05, 0.1) is 0 Å². The number of hydrogen-bond donors (Lipinski definition) is 2. The zero-order valence-electron chi connectivity index (χ0n) is 16.0. The maximum absolute atomic E-state index is 13.2. The van der Waals surface area contributed by atoms with E-state index in [1.807, 2.05) is 56.3 Å². The van der Waals surface area contributed by atoms with Crippen LogP contribution in [0.3, 0.4) is 0 Å². The van der Waals surface area contributed by atoms with E-state index in [0.717, 1.165) is 40.0 Å². The number of hydrogen-bond acceptors (Lipinski definition) is 3. The third-order valence-electron chi connectivity index (χ3n) is 5.74. The first-order chi connectivity index (χ1) is 13.4. The van der Waals surface area contributed by atoms with Crippen LogP contribution in [0.5, 0.6) is 0 Å². The second-order valence-electron chi connectivity index (χ2n) is 7.58. The molecule has 1 spiro atoms. The van der Waals surface area contributed by atoms with E-state index in [0.29, 0.717) is 12.1 Å². The van der Waals surface area contributed by atoms with E-state index in [9.17, 15) is 14.4 Å². The summed E-state index contributed by atoms with van der Waals surface area (Å²) in [5, 5.41) is 5.64. The maximum Gasteiger partial charge on any atom is 0.325 e. The molecular formula is C22H23N3O3. The Hall–Kier alpha value is -3.15. The van der Waals surface area contributed by atoms with Gasteiger partial charge in [-0.2, -0.15) is 0 Å². The summed E-state index contributed by atoms with van der Waals surface area (Å²) in [7, 11) is 0. The van der Waals surface area contributed by atoms with Crippen LogP contribution in [-0.4, -0.2) is 29.3 Å². The predicted molar refractivity (Wildman–Crippen MR) is 106 cm³/mol. The van der Waals surface area contributed by atoms with Crippen LogP contribution in [0.2, 0.25) is 0 Å². The Balaban J connectivity index is 1.54. The van der Waals surface area contributed by atoms with Crippen molar-refractivity contribution in [2.75, 3.05) is 11.9 Å². The molecule has 2 aromatic rings. The van der Waals surface area contributed by atoms with Crippen molar-refractivity contribution in [3.63, 3.8) is 0 Å². The third kappa shape index (κ3) is 2.95. The second kappa shape index (κ2) is 6.78. The molecule has 2 aromatic carbocycles. The van der Waals surface area contributed by atoms with Gasteiger partial charge in [0.1, 0.15) is 12.1 Å². The number of aryl methyl sites for hydroxylation is 3. The van der Waals surface area contributed by atoms with Crippen molar-refractivity contribution in [1.82, 2.24) is 10.2 Å². The number of anilines is 1. The smallest absolute Gasteiger partial charge is 0.325 e. The number of fused-ring (bicyclic) bond motifs is 2. The zero-order chi connectivity index (χ0) is 19.9. The molecule has 1 saturated heterocycles. The lowest BCUT2D eigenvalue weighted by molar-refractivity contribution is -0.134. The molecule has 1 aliphatic carbocycles. The molecule has 6 heteroatoms. The molecule has 2 N–H and O–H groups in total. The first kappa shape index (κ1) is 18.2. The first-order valence-corrected chi connectivity index (χ1v) is 9.50. The van der Waals surface area contributed by atoms with E-state index in [2.05, 4.69) is 10.6 Å². The van der Waals surface area contributed by atoms with Gasteiger partial charge < -0.3 is 10.6 Å². The fourth-order valence-corrected chi connectivity index (χ4v) is 4.12. The minimum atomic E-state index is -1.05. The molecule has 1 atom stereocenters. The van der Waals surface area contributed by atoms with Gasteiger partial charge in [0.2, 0.25) is 5.91 Å². The Morgan fingerprint density at radius 3 is 2.71 bits per heavy atom. The molecule has 4 rings (SSSR count). The highest BCUT2D eigenvalue weighted by atomic mass is 16.2. The van der Waals surface area contributed by atoms with Crippen LogP contribution in [0.4, 0.5) is 10.5 Å². The van der Waals surface area contributed by atoms with Crippen LogP contribution in [0.25, 0.3) is 0 Å². The number of benzene rings is 2. The van der Waals surface area contributed by atoms with Gasteiger partial charge >= 0.3 is 6.03 Å². The van der Waals surface area contributed by atoms with Crippen molar-refractivity contribution in [3.05, 3.63) is 64.7 Å². The second-order valence-corrected chi connectivity index (χ2v) is 7.58. The van der Waals surface area contributed by atoms with Gasteiger partial charge in [-0.1, -0.05) is 30.3 Å². The number of rotatable bonds is 3. The molecule has 4 amide bonds. The van der Waals surface area contributed by atoms with Gasteiger partial charge in [-0.3, -0.25) is 14.5 Å². The molecule has 2 aliphatic rings. The summed E-state index contributed by atoms with van der Waals surface area (Å²) >= 11 is 0. The fourth-order valence-electron chi connectivity index (χ4n) is 4.12. The number of nitrogens with zero attached hydrogens (tertiary/aromatic N) is 1. The quantitative estimate of drug-likeness (QED) is 0.807. The van der Waals surface area contributed by atoms with Crippen LogP contribution >= 0.6 is 0 Å². The Morgan fingerprint density at radius 1 is 1.14 bits per heavy atom. The lowest BCUT2D eigenvalue weighted by Gasteiger charge is -2.33. The van der Waals surface area contributed by atoms with Gasteiger partial charge in [0.25, 0.3) is 5.91 Å². The van der Waals surface area contributed by atoms with Gasteiger partial charge in [-0.15, -0.1) is 0 Å². The van der Waals surface area contributed by atoms with E-state index in [4.69, 9.17) is 0 Å². The Morgan fingerprint density at radius 2 is 1.93 bits per heavy atom. The van der Waals surface area contributed by atoms with E-state index in [1.165, 1.54) is 0 Å². The number of carbonyl (C=O) groups is 3. The minimum Gasteiger partial charge on any atom is -0.325 e. The summed E-state index contributed by atoms with van der Waals surface area (Å²) in [5.41, 5.74) is 3.71. The number of urea groups is 1. The summed E-state index contributed by atoms with van der Waals surface area (Å²) in [6.45, 7) is 3.66. The fraction of sp³-hybridized carbons (Fsp3) is 0.318. The standard InChI is InChI=1S/C22H23N3O3/c1-14-9-10-17(12-15(14)2)23-19(26)13-25-20(27)22(24-21(25)28)11-5-7-16-6-3-4-8-18(16)22/h3-4,6,8-10,12H,5,7,11,13H2,1-2H3,(H,23,26)(H,24,28)/t22-/m0/s1. The van der Waals surface area contributed by atoms with Gasteiger partial charge in [-0.25, -0.2) is 4.79 Å². The first-order valence-electron chi connectivity index (χ1n) is 9.50. The number of amides is 4. The molecule has 1 aliphatic heterocycles. The summed E-state index contributed by atoms with van der Waals surface area (Å²) in [4.78, 5) is 39.3. The van der Waals surface area contributed by atoms with Gasteiger partial charge in [0.15, 0.2) is 0 Å². The molecule has 0 unspecified atom stereocenters.